The third-order valence-electron chi connectivity index (χ3n) is 10.00. The summed E-state index contributed by atoms with van der Waals surface area (Å²) in [6.07, 6.45) is 25.9. The smallest absolute Gasteiger partial charge is 0.237 e. The Hall–Kier alpha value is -1.26. The summed E-state index contributed by atoms with van der Waals surface area (Å²) in [4.78, 5) is 27.9. The van der Waals surface area contributed by atoms with Gasteiger partial charge in [-0.1, -0.05) is 162 Å². The van der Waals surface area contributed by atoms with E-state index in [2.05, 4.69) is 19.2 Å². The predicted octanol–water partition coefficient (Wildman–Crippen LogP) is 7.27. The third kappa shape index (κ3) is 19.8. The number of nitrogens with zero attached hydrogens (tertiary/aromatic N) is 1. The number of aliphatic hydroxyl groups excluding tert-OH is 3. The van der Waals surface area contributed by atoms with E-state index in [0.29, 0.717) is 13.0 Å². The number of ether oxygens (including phenoxy) is 1. The Labute approximate surface area is 294 Å². The number of carbonyl (C=O) groups excluding carboxylic acids is 2. The van der Waals surface area contributed by atoms with Crippen LogP contribution in [0, 0.1) is 0 Å². The van der Waals surface area contributed by atoms with E-state index >= 15 is 0 Å². The number of nitrogens with one attached hydrogen (secondary N) is 1. The van der Waals surface area contributed by atoms with E-state index in [1.807, 2.05) is 0 Å². The van der Waals surface area contributed by atoms with E-state index < -0.39 is 49.1 Å². The van der Waals surface area contributed by atoms with Gasteiger partial charge in [0, 0.05) is 13.0 Å². The average molecular weight is 684 g/mol. The molecular weight excluding hydrogens is 606 g/mol. The van der Waals surface area contributed by atoms with E-state index in [1.165, 1.54) is 129 Å². The largest absolute Gasteiger partial charge is 0.394 e. The van der Waals surface area contributed by atoms with Gasteiger partial charge in [-0.2, -0.15) is 0 Å². The van der Waals surface area contributed by atoms with E-state index in [0.717, 1.165) is 38.5 Å². The third-order valence-corrected chi connectivity index (χ3v) is 10.00. The van der Waals surface area contributed by atoms with Crippen LogP contribution in [0.25, 0.3) is 0 Å². The lowest BCUT2D eigenvalue weighted by Crippen LogP contribution is -2.69. The topological polar surface area (TPSA) is 145 Å². The molecule has 0 spiro atoms. The van der Waals surface area contributed by atoms with Crippen LogP contribution in [0.3, 0.4) is 0 Å². The van der Waals surface area contributed by atoms with Crippen LogP contribution in [-0.2, 0) is 14.3 Å². The molecule has 0 bridgehead atoms. The highest BCUT2D eigenvalue weighted by molar-refractivity contribution is 5.81. The van der Waals surface area contributed by atoms with Crippen molar-refractivity contribution in [2.75, 3.05) is 13.2 Å². The van der Waals surface area contributed by atoms with Gasteiger partial charge in [-0.25, -0.2) is 0 Å². The first-order chi connectivity index (χ1) is 23.3. The summed E-state index contributed by atoms with van der Waals surface area (Å²) in [6.45, 7) is 5.95. The van der Waals surface area contributed by atoms with Gasteiger partial charge in [-0.3, -0.25) is 9.59 Å². The summed E-state index contributed by atoms with van der Waals surface area (Å²) < 4.78 is 6.06. The maximum absolute atomic E-state index is 13.7. The Morgan fingerprint density at radius 3 is 1.46 bits per heavy atom. The van der Waals surface area contributed by atoms with Crippen molar-refractivity contribution in [3.63, 3.8) is 0 Å². The maximum atomic E-state index is 13.7. The lowest BCUT2D eigenvalue weighted by atomic mass is 9.94. The monoisotopic (exact) mass is 684 g/mol. The highest BCUT2D eigenvalue weighted by atomic mass is 16.5. The Balaban J connectivity index is 2.64. The van der Waals surface area contributed by atoms with E-state index in [1.54, 1.807) is 4.90 Å². The molecule has 0 unspecified atom stereocenters. The van der Waals surface area contributed by atoms with Gasteiger partial charge >= 0.3 is 0 Å². The number of rotatable bonds is 31. The molecule has 1 aliphatic heterocycles. The molecule has 0 radical (unpaired) electrons. The van der Waals surface area contributed by atoms with Gasteiger partial charge in [0.2, 0.25) is 11.8 Å². The first-order valence-electron chi connectivity index (χ1n) is 20.3. The van der Waals surface area contributed by atoms with E-state index in [9.17, 15) is 24.9 Å². The fraction of sp³-hybridized carbons (Fsp3) is 0.949. The number of nitrogens with two attached hydrogens (primary N) is 1. The molecule has 48 heavy (non-hydrogen) atoms. The van der Waals surface area contributed by atoms with Gasteiger partial charge < -0.3 is 36.0 Å². The van der Waals surface area contributed by atoms with Crippen molar-refractivity contribution in [1.82, 2.24) is 10.2 Å². The van der Waals surface area contributed by atoms with Crippen LogP contribution in [-0.4, -0.2) is 81.8 Å². The molecule has 1 heterocycles. The van der Waals surface area contributed by atoms with E-state index in [-0.39, 0.29) is 5.91 Å². The average Bonchev–Trinajstić information content (AvgIpc) is 3.07. The number of amides is 2. The number of hydrogen-bond donors (Lipinski definition) is 5. The lowest BCUT2D eigenvalue weighted by Gasteiger charge is -2.47. The van der Waals surface area contributed by atoms with Crippen molar-refractivity contribution in [2.24, 2.45) is 5.73 Å². The Morgan fingerprint density at radius 2 is 1.06 bits per heavy atom. The van der Waals surface area contributed by atoms with Crippen molar-refractivity contribution < 1.29 is 29.6 Å². The minimum absolute atomic E-state index is 0.0912. The van der Waals surface area contributed by atoms with Gasteiger partial charge in [-0.15, -0.1) is 0 Å². The van der Waals surface area contributed by atoms with E-state index in [4.69, 9.17) is 10.5 Å². The molecule has 1 fully saturated rings. The van der Waals surface area contributed by atoms with Gasteiger partial charge in [0.05, 0.1) is 12.6 Å². The number of unbranched alkanes of at least 4 members (excludes halogenated alkanes) is 23. The van der Waals surface area contributed by atoms with Crippen LogP contribution in [0.2, 0.25) is 0 Å². The first kappa shape index (κ1) is 44.8. The molecule has 0 aliphatic carbocycles. The van der Waals surface area contributed by atoms with Crippen molar-refractivity contribution in [3.8, 4) is 0 Å². The molecule has 1 rings (SSSR count). The second-order valence-electron chi connectivity index (χ2n) is 14.5. The number of hydrogen-bond acceptors (Lipinski definition) is 7. The Bertz CT molecular complexity index is 785. The van der Waals surface area contributed by atoms with Gasteiger partial charge in [-0.05, 0) is 19.8 Å². The van der Waals surface area contributed by atoms with Crippen molar-refractivity contribution in [3.05, 3.63) is 0 Å². The van der Waals surface area contributed by atoms with Crippen molar-refractivity contribution >= 4 is 11.8 Å². The molecule has 0 aromatic carbocycles. The summed E-state index contributed by atoms with van der Waals surface area (Å²) >= 11 is 0. The van der Waals surface area contributed by atoms with Crippen molar-refractivity contribution in [2.45, 2.75) is 224 Å². The maximum Gasteiger partial charge on any atom is 0.237 e. The van der Waals surface area contributed by atoms with Gasteiger partial charge in [0.15, 0.2) is 6.23 Å². The number of carbonyl (C=O) groups is 2. The Kier molecular flexibility index (Phi) is 27.5. The number of aliphatic hydroxyl groups is 3. The van der Waals surface area contributed by atoms with Crippen molar-refractivity contribution in [1.29, 1.82) is 0 Å². The summed E-state index contributed by atoms with van der Waals surface area (Å²) in [5, 5.41) is 34.2. The predicted molar refractivity (Wildman–Crippen MR) is 196 cm³/mol. The fourth-order valence-electron chi connectivity index (χ4n) is 6.77. The second kappa shape index (κ2) is 29.5. The minimum Gasteiger partial charge on any atom is -0.394 e. The summed E-state index contributed by atoms with van der Waals surface area (Å²) in [7, 11) is 0. The fourth-order valence-corrected chi connectivity index (χ4v) is 6.77. The van der Waals surface area contributed by atoms with Gasteiger partial charge in [0.25, 0.3) is 0 Å². The second-order valence-corrected chi connectivity index (χ2v) is 14.5. The zero-order chi connectivity index (χ0) is 35.4. The van der Waals surface area contributed by atoms with Crippen LogP contribution in [0.5, 0.6) is 0 Å². The molecule has 9 nitrogen and oxygen atoms in total. The van der Waals surface area contributed by atoms with Crippen LogP contribution in [0.15, 0.2) is 0 Å². The van der Waals surface area contributed by atoms with Gasteiger partial charge in [0.1, 0.15) is 24.4 Å². The molecule has 6 N–H and O–H groups in total. The highest BCUT2D eigenvalue weighted by Gasteiger charge is 2.48. The Morgan fingerprint density at radius 1 is 0.667 bits per heavy atom. The first-order valence-corrected chi connectivity index (χ1v) is 20.3. The zero-order valence-electron chi connectivity index (χ0n) is 31.4. The minimum atomic E-state index is -1.42. The summed E-state index contributed by atoms with van der Waals surface area (Å²) in [5.74, 6) is -0.594. The molecule has 9 heteroatoms. The quantitative estimate of drug-likeness (QED) is 0.0483. The molecule has 1 saturated heterocycles. The lowest BCUT2D eigenvalue weighted by molar-refractivity contribution is -0.231. The van der Waals surface area contributed by atoms with Crippen LogP contribution in [0.4, 0.5) is 0 Å². The zero-order valence-corrected chi connectivity index (χ0v) is 31.4. The normalized spacial score (nSPS) is 21.7. The molecule has 0 aromatic heterocycles. The molecule has 6 atom stereocenters. The van der Waals surface area contributed by atoms with Crippen LogP contribution >= 0.6 is 0 Å². The molecule has 0 aromatic rings. The molecular formula is C39H77N3O6. The summed E-state index contributed by atoms with van der Waals surface area (Å²) in [6, 6.07) is -1.90. The standard InChI is InChI=1S/C39H77N3O6/c1-4-6-8-10-12-14-16-18-19-21-23-25-27-29-34(44)42(30-28-26-24-22-20-17-15-13-11-9-7-5-2)39-35(41-38(47)32(3)40)37(46)36(45)33(31-43)48-39/h32-33,35-37,39,43,45-46H,4-31,40H2,1-3H3,(H,41,47)/t32-,33+,35+,36+,37+,39+/m0/s1. The molecule has 1 aliphatic rings. The molecule has 0 saturated carbocycles. The molecule has 284 valence electrons. The molecule has 2 amide bonds. The summed E-state index contributed by atoms with van der Waals surface area (Å²) in [5.41, 5.74) is 5.80. The highest BCUT2D eigenvalue weighted by Crippen LogP contribution is 2.26. The van der Waals surface area contributed by atoms with Crippen LogP contribution in [0.1, 0.15) is 188 Å². The SMILES string of the molecule is CCCCCCCCCCCCCCCC(=O)N(CCCCCCCCCCCCCC)[C@@H]1O[C@H](CO)[C@@H](O)[C@H](O)[C@H]1NC(=O)[C@H](C)N. The van der Waals surface area contributed by atoms with Crippen LogP contribution < -0.4 is 11.1 Å².